The first-order valence-electron chi connectivity index (χ1n) is 4.99. The topological polar surface area (TPSA) is 0 Å². The quantitative estimate of drug-likeness (QED) is 0.466. The smallest absolute Gasteiger partial charge is 0.0176 e. The maximum atomic E-state index is 5.69. The van der Waals surface area contributed by atoms with Gasteiger partial charge in [0.25, 0.3) is 0 Å². The van der Waals surface area contributed by atoms with E-state index in [1.165, 1.54) is 24.6 Å². The Labute approximate surface area is 107 Å². The molecule has 0 heterocycles. The third kappa shape index (κ3) is 5.37. The molecule has 6 heteroatoms. The van der Waals surface area contributed by atoms with Crippen molar-refractivity contribution in [2.24, 2.45) is 0 Å². The molecule has 0 aliphatic rings. The second-order valence-corrected chi connectivity index (χ2v) is 22.5. The average molecular weight is 306 g/mol. The molecule has 0 N–H and O–H groups in total. The largest absolute Gasteiger partial charge is 0.0851 e. The van der Waals surface area contributed by atoms with E-state index in [1.54, 1.807) is 0 Å². The van der Waals surface area contributed by atoms with Crippen LogP contribution < -0.4 is 0 Å². The van der Waals surface area contributed by atoms with Crippen LogP contribution in [0.15, 0.2) is 0 Å². The lowest BCUT2D eigenvalue weighted by atomic mass is 11.0. The summed E-state index contributed by atoms with van der Waals surface area (Å²) in [5, 5.41) is -2.26. The van der Waals surface area contributed by atoms with Crippen molar-refractivity contribution in [2.45, 2.75) is 27.7 Å². The Morgan fingerprint density at radius 1 is 0.714 bits per heavy atom. The second-order valence-electron chi connectivity index (χ2n) is 3.04. The highest BCUT2D eigenvalue weighted by atomic mass is 33.5. The molecule has 0 aromatic carbocycles. The molecule has 0 fully saturated rings. The van der Waals surface area contributed by atoms with Crippen LogP contribution in [0.3, 0.4) is 0 Å². The predicted octanol–water partition coefficient (Wildman–Crippen LogP) is 5.24. The Bertz CT molecular complexity index is 210. The molecule has 0 aromatic rings. The molecule has 0 nitrogen and oxygen atoms in total. The van der Waals surface area contributed by atoms with Crippen molar-refractivity contribution in [3.05, 3.63) is 0 Å². The van der Waals surface area contributed by atoms with Crippen LogP contribution in [0.5, 0.6) is 0 Å². The molecular formula is C8H20P2S4. The summed E-state index contributed by atoms with van der Waals surface area (Å²) in [5.41, 5.74) is 0. The summed E-state index contributed by atoms with van der Waals surface area (Å²) in [6, 6.07) is 0. The normalized spacial score (nSPS) is 13.1. The zero-order valence-corrected chi connectivity index (χ0v) is 14.4. The first kappa shape index (κ1) is 16.0. The fourth-order valence-corrected chi connectivity index (χ4v) is 21.3. The summed E-state index contributed by atoms with van der Waals surface area (Å²) < 4.78 is 0. The van der Waals surface area contributed by atoms with Gasteiger partial charge >= 0.3 is 0 Å². The van der Waals surface area contributed by atoms with E-state index in [-0.39, 0.29) is 0 Å². The molecule has 14 heavy (non-hydrogen) atoms. The van der Waals surface area contributed by atoms with Gasteiger partial charge in [-0.15, -0.1) is 0 Å². The van der Waals surface area contributed by atoms with Crippen LogP contribution >= 0.6 is 31.3 Å². The maximum Gasteiger partial charge on any atom is 0.0176 e. The van der Waals surface area contributed by atoms with Gasteiger partial charge in [0.1, 0.15) is 0 Å². The minimum atomic E-state index is -1.13. The summed E-state index contributed by atoms with van der Waals surface area (Å²) in [7, 11) is 3.94. The first-order chi connectivity index (χ1) is 6.45. The molecule has 0 aromatic heterocycles. The maximum absolute atomic E-state index is 5.69. The van der Waals surface area contributed by atoms with Crippen LogP contribution in [0.25, 0.3) is 0 Å². The van der Waals surface area contributed by atoms with Crippen LogP contribution in [0, 0.1) is 0 Å². The van der Waals surface area contributed by atoms with Gasteiger partial charge in [-0.1, -0.05) is 72.1 Å². The van der Waals surface area contributed by atoms with Crippen LogP contribution in [-0.2, 0) is 23.6 Å². The van der Waals surface area contributed by atoms with E-state index >= 15 is 0 Å². The number of rotatable bonds is 7. The monoisotopic (exact) mass is 306 g/mol. The zero-order valence-electron chi connectivity index (χ0n) is 9.36. The van der Waals surface area contributed by atoms with Crippen molar-refractivity contribution in [2.75, 3.05) is 24.6 Å². The lowest BCUT2D eigenvalue weighted by Crippen LogP contribution is -1.84. The molecule has 0 atom stereocenters. The number of hydrogen-bond donors (Lipinski definition) is 0. The highest BCUT2D eigenvalue weighted by molar-refractivity contribution is 9.19. The highest BCUT2D eigenvalue weighted by Crippen LogP contribution is 2.75. The van der Waals surface area contributed by atoms with Gasteiger partial charge in [0.05, 0.1) is 0 Å². The van der Waals surface area contributed by atoms with Crippen molar-refractivity contribution < 1.29 is 0 Å². The lowest BCUT2D eigenvalue weighted by molar-refractivity contribution is 1.43. The molecule has 0 radical (unpaired) electrons. The average Bonchev–Trinajstić information content (AvgIpc) is 2.25. The van der Waals surface area contributed by atoms with E-state index in [0.29, 0.717) is 0 Å². The molecule has 0 aliphatic carbocycles. The van der Waals surface area contributed by atoms with Crippen LogP contribution in [0.4, 0.5) is 0 Å². The van der Waals surface area contributed by atoms with Crippen molar-refractivity contribution in [3.63, 3.8) is 0 Å². The molecule has 86 valence electrons. The minimum Gasteiger partial charge on any atom is -0.0851 e. The van der Waals surface area contributed by atoms with Crippen molar-refractivity contribution >= 4 is 54.9 Å². The first-order valence-corrected chi connectivity index (χ1v) is 14.7. The molecule has 0 saturated carbocycles. The van der Waals surface area contributed by atoms with Crippen LogP contribution in [0.1, 0.15) is 27.7 Å². The Balaban J connectivity index is 4.29. The third-order valence-electron chi connectivity index (χ3n) is 2.23. The van der Waals surface area contributed by atoms with Crippen molar-refractivity contribution in [1.29, 1.82) is 0 Å². The minimum absolute atomic E-state index is 1.13. The van der Waals surface area contributed by atoms with E-state index in [1.807, 2.05) is 20.8 Å². The van der Waals surface area contributed by atoms with Gasteiger partial charge in [-0.2, -0.15) is 0 Å². The second kappa shape index (κ2) is 7.35. The molecule has 0 spiro atoms. The molecule has 0 aliphatic heterocycles. The van der Waals surface area contributed by atoms with Gasteiger partial charge in [0.15, 0.2) is 0 Å². The van der Waals surface area contributed by atoms with Gasteiger partial charge in [-0.05, 0) is 24.6 Å². The molecule has 0 amide bonds. The summed E-state index contributed by atoms with van der Waals surface area (Å²) in [6.45, 7) is 8.89. The SMILES string of the molecule is CCP(=S)(CC)SSP(=S)(CC)CC. The van der Waals surface area contributed by atoms with Gasteiger partial charge in [-0.25, -0.2) is 0 Å². The lowest BCUT2D eigenvalue weighted by Gasteiger charge is -2.22. The molecule has 0 unspecified atom stereocenters. The van der Waals surface area contributed by atoms with Crippen LogP contribution in [-0.4, -0.2) is 24.6 Å². The van der Waals surface area contributed by atoms with Gasteiger partial charge < -0.3 is 0 Å². The van der Waals surface area contributed by atoms with E-state index in [4.69, 9.17) is 23.6 Å². The number of hydrogen-bond acceptors (Lipinski definition) is 4. The van der Waals surface area contributed by atoms with E-state index in [2.05, 4.69) is 27.7 Å². The Morgan fingerprint density at radius 2 is 0.929 bits per heavy atom. The third-order valence-corrected chi connectivity index (χ3v) is 25.3. The molecule has 0 bridgehead atoms. The Morgan fingerprint density at radius 3 is 1.07 bits per heavy atom. The predicted molar refractivity (Wildman–Crippen MR) is 85.9 cm³/mol. The highest BCUT2D eigenvalue weighted by Gasteiger charge is 2.19. The van der Waals surface area contributed by atoms with E-state index < -0.39 is 10.5 Å². The van der Waals surface area contributed by atoms with Crippen LogP contribution in [0.2, 0.25) is 0 Å². The van der Waals surface area contributed by atoms with E-state index in [0.717, 1.165) is 0 Å². The van der Waals surface area contributed by atoms with E-state index in [9.17, 15) is 0 Å². The Hall–Kier alpha value is 2.00. The fourth-order valence-electron chi connectivity index (χ4n) is 0.780. The van der Waals surface area contributed by atoms with Crippen molar-refractivity contribution in [1.82, 2.24) is 0 Å². The summed E-state index contributed by atoms with van der Waals surface area (Å²) >= 11 is 11.4. The van der Waals surface area contributed by atoms with Gasteiger partial charge in [-0.3, -0.25) is 0 Å². The van der Waals surface area contributed by atoms with Gasteiger partial charge in [0, 0.05) is 10.5 Å². The summed E-state index contributed by atoms with van der Waals surface area (Å²) in [5.74, 6) is 0. The molecule has 0 rings (SSSR count). The van der Waals surface area contributed by atoms with Gasteiger partial charge in [0.2, 0.25) is 0 Å². The summed E-state index contributed by atoms with van der Waals surface area (Å²) in [6.07, 6.45) is 4.66. The standard InChI is InChI=1S/C8H20P2S4/c1-5-9(11,6-2)13-14-10(12,7-3)8-4/h5-8H2,1-4H3. The molecular weight excluding hydrogens is 286 g/mol. The Kier molecular flexibility index (Phi) is 8.40. The van der Waals surface area contributed by atoms with Crippen molar-refractivity contribution in [3.8, 4) is 0 Å². The fraction of sp³-hybridized carbons (Fsp3) is 1.00. The zero-order chi connectivity index (χ0) is 11.2. The molecule has 0 saturated heterocycles. The summed E-state index contributed by atoms with van der Waals surface area (Å²) in [4.78, 5) is 0.